The standard InChI is InChI=1S/C11H25NO3/c1-3-4-8-15-10-11(13)9-12-6-5-7-14-2/h11-13H,3-10H2,1-2H3. The zero-order valence-electron chi connectivity index (χ0n) is 10.00. The van der Waals surface area contributed by atoms with Crippen molar-refractivity contribution in [2.75, 3.05) is 40.0 Å². The molecule has 0 amide bonds. The van der Waals surface area contributed by atoms with Crippen LogP contribution in [0.3, 0.4) is 0 Å². The van der Waals surface area contributed by atoms with Crippen LogP contribution in [-0.4, -0.2) is 51.2 Å². The van der Waals surface area contributed by atoms with Crippen molar-refractivity contribution in [2.45, 2.75) is 32.3 Å². The molecule has 0 aromatic heterocycles. The fraction of sp³-hybridized carbons (Fsp3) is 1.00. The number of ether oxygens (including phenoxy) is 2. The van der Waals surface area contributed by atoms with Gasteiger partial charge in [0.2, 0.25) is 0 Å². The summed E-state index contributed by atoms with van der Waals surface area (Å²) in [5.74, 6) is 0. The monoisotopic (exact) mass is 219 g/mol. The summed E-state index contributed by atoms with van der Waals surface area (Å²) in [6, 6.07) is 0. The zero-order valence-corrected chi connectivity index (χ0v) is 10.00. The molecule has 0 bridgehead atoms. The fourth-order valence-electron chi connectivity index (χ4n) is 1.13. The molecule has 4 heteroatoms. The minimum absolute atomic E-state index is 0.399. The van der Waals surface area contributed by atoms with E-state index in [4.69, 9.17) is 9.47 Å². The number of aliphatic hydroxyl groups excluding tert-OH is 1. The summed E-state index contributed by atoms with van der Waals surface area (Å²) in [7, 11) is 1.69. The van der Waals surface area contributed by atoms with Gasteiger partial charge >= 0.3 is 0 Å². The molecule has 0 aliphatic rings. The number of hydrogen-bond donors (Lipinski definition) is 2. The van der Waals surface area contributed by atoms with E-state index in [1.54, 1.807) is 7.11 Å². The molecule has 0 radical (unpaired) electrons. The Morgan fingerprint density at radius 3 is 2.73 bits per heavy atom. The molecule has 2 N–H and O–H groups in total. The Kier molecular flexibility index (Phi) is 11.8. The van der Waals surface area contributed by atoms with E-state index in [1.165, 1.54) is 0 Å². The Bertz CT molecular complexity index is 122. The molecular formula is C11H25NO3. The van der Waals surface area contributed by atoms with Gasteiger partial charge in [-0.25, -0.2) is 0 Å². The van der Waals surface area contributed by atoms with Gasteiger partial charge in [-0.1, -0.05) is 13.3 Å². The van der Waals surface area contributed by atoms with Gasteiger partial charge in [0.1, 0.15) is 0 Å². The molecule has 15 heavy (non-hydrogen) atoms. The molecule has 1 unspecified atom stereocenters. The molecule has 0 saturated carbocycles. The third-order valence-corrected chi connectivity index (χ3v) is 2.03. The van der Waals surface area contributed by atoms with Gasteiger partial charge in [-0.3, -0.25) is 0 Å². The molecule has 0 aliphatic carbocycles. The lowest BCUT2D eigenvalue weighted by Gasteiger charge is -2.12. The highest BCUT2D eigenvalue weighted by atomic mass is 16.5. The van der Waals surface area contributed by atoms with Crippen LogP contribution in [0.25, 0.3) is 0 Å². The van der Waals surface area contributed by atoms with E-state index in [9.17, 15) is 5.11 Å². The van der Waals surface area contributed by atoms with Crippen molar-refractivity contribution in [1.29, 1.82) is 0 Å². The summed E-state index contributed by atoms with van der Waals surface area (Å²) in [5, 5.41) is 12.6. The van der Waals surface area contributed by atoms with Crippen LogP contribution in [0, 0.1) is 0 Å². The minimum Gasteiger partial charge on any atom is -0.389 e. The van der Waals surface area contributed by atoms with Crippen molar-refractivity contribution in [3.05, 3.63) is 0 Å². The SMILES string of the molecule is CCCCOCC(O)CNCCCOC. The summed E-state index contributed by atoms with van der Waals surface area (Å²) < 4.78 is 10.2. The van der Waals surface area contributed by atoms with Gasteiger partial charge in [0.05, 0.1) is 12.7 Å². The predicted molar refractivity (Wildman–Crippen MR) is 61.1 cm³/mol. The number of unbranched alkanes of at least 4 members (excludes halogenated alkanes) is 1. The summed E-state index contributed by atoms with van der Waals surface area (Å²) in [6.07, 6.45) is 2.77. The van der Waals surface area contributed by atoms with Crippen LogP contribution in [0.4, 0.5) is 0 Å². The lowest BCUT2D eigenvalue weighted by atomic mass is 10.3. The van der Waals surface area contributed by atoms with Gasteiger partial charge in [-0.05, 0) is 19.4 Å². The number of aliphatic hydroxyl groups is 1. The van der Waals surface area contributed by atoms with Crippen LogP contribution in [-0.2, 0) is 9.47 Å². The Hall–Kier alpha value is -0.160. The van der Waals surface area contributed by atoms with Gasteiger partial charge in [-0.15, -0.1) is 0 Å². The molecule has 0 heterocycles. The first-order valence-corrected chi connectivity index (χ1v) is 5.76. The van der Waals surface area contributed by atoms with Crippen LogP contribution in [0.2, 0.25) is 0 Å². The molecule has 0 spiro atoms. The highest BCUT2D eigenvalue weighted by Crippen LogP contribution is 1.90. The first kappa shape index (κ1) is 14.8. The zero-order chi connectivity index (χ0) is 11.4. The summed E-state index contributed by atoms with van der Waals surface area (Å²) >= 11 is 0. The second-order valence-corrected chi connectivity index (χ2v) is 3.63. The molecule has 0 aromatic rings. The van der Waals surface area contributed by atoms with Gasteiger partial charge in [-0.2, -0.15) is 0 Å². The molecule has 92 valence electrons. The second-order valence-electron chi connectivity index (χ2n) is 3.63. The number of hydrogen-bond acceptors (Lipinski definition) is 4. The normalized spacial score (nSPS) is 13.0. The Labute approximate surface area is 93.0 Å². The molecule has 0 fully saturated rings. The molecule has 0 saturated heterocycles. The summed E-state index contributed by atoms with van der Waals surface area (Å²) in [4.78, 5) is 0. The molecule has 1 atom stereocenters. The smallest absolute Gasteiger partial charge is 0.0897 e. The first-order chi connectivity index (χ1) is 7.31. The van der Waals surface area contributed by atoms with Gasteiger partial charge in [0.15, 0.2) is 0 Å². The molecule has 0 aliphatic heterocycles. The molecule has 4 nitrogen and oxygen atoms in total. The second kappa shape index (κ2) is 11.9. The molecule has 0 rings (SSSR count). The van der Waals surface area contributed by atoms with E-state index in [0.29, 0.717) is 13.2 Å². The summed E-state index contributed by atoms with van der Waals surface area (Å²) in [6.45, 7) is 5.53. The van der Waals surface area contributed by atoms with Gasteiger partial charge in [0.25, 0.3) is 0 Å². The van der Waals surface area contributed by atoms with Crippen molar-refractivity contribution in [2.24, 2.45) is 0 Å². The van der Waals surface area contributed by atoms with Crippen LogP contribution < -0.4 is 5.32 Å². The van der Waals surface area contributed by atoms with E-state index >= 15 is 0 Å². The average molecular weight is 219 g/mol. The predicted octanol–water partition coefficient (Wildman–Crippen LogP) is 0.790. The highest BCUT2D eigenvalue weighted by Gasteiger charge is 2.02. The summed E-state index contributed by atoms with van der Waals surface area (Å²) in [5.41, 5.74) is 0. The van der Waals surface area contributed by atoms with Crippen LogP contribution >= 0.6 is 0 Å². The van der Waals surface area contributed by atoms with E-state index < -0.39 is 6.10 Å². The molecule has 0 aromatic carbocycles. The van der Waals surface area contributed by atoms with E-state index in [1.807, 2.05) is 0 Å². The van der Waals surface area contributed by atoms with Crippen molar-refractivity contribution < 1.29 is 14.6 Å². The minimum atomic E-state index is -0.399. The van der Waals surface area contributed by atoms with Crippen LogP contribution in [0.15, 0.2) is 0 Å². The van der Waals surface area contributed by atoms with Crippen molar-refractivity contribution in [3.8, 4) is 0 Å². The maximum absolute atomic E-state index is 9.49. The third kappa shape index (κ3) is 11.8. The topological polar surface area (TPSA) is 50.7 Å². The lowest BCUT2D eigenvalue weighted by Crippen LogP contribution is -2.31. The fourth-order valence-corrected chi connectivity index (χ4v) is 1.13. The maximum atomic E-state index is 9.49. The van der Waals surface area contributed by atoms with Gasteiger partial charge < -0.3 is 19.9 Å². The Morgan fingerprint density at radius 1 is 1.27 bits per heavy atom. The largest absolute Gasteiger partial charge is 0.389 e. The van der Waals surface area contributed by atoms with E-state index in [2.05, 4.69) is 12.2 Å². The average Bonchev–Trinajstić information content (AvgIpc) is 2.24. The maximum Gasteiger partial charge on any atom is 0.0897 e. The number of nitrogens with one attached hydrogen (secondary N) is 1. The Morgan fingerprint density at radius 2 is 2.07 bits per heavy atom. The van der Waals surface area contributed by atoms with Crippen molar-refractivity contribution in [3.63, 3.8) is 0 Å². The molecular weight excluding hydrogens is 194 g/mol. The van der Waals surface area contributed by atoms with Crippen molar-refractivity contribution >= 4 is 0 Å². The number of rotatable bonds is 11. The van der Waals surface area contributed by atoms with Crippen LogP contribution in [0.5, 0.6) is 0 Å². The van der Waals surface area contributed by atoms with E-state index in [-0.39, 0.29) is 0 Å². The van der Waals surface area contributed by atoms with Gasteiger partial charge in [0, 0.05) is 26.9 Å². The quantitative estimate of drug-likeness (QED) is 0.504. The van der Waals surface area contributed by atoms with Crippen molar-refractivity contribution in [1.82, 2.24) is 5.32 Å². The lowest BCUT2D eigenvalue weighted by molar-refractivity contribution is 0.0358. The third-order valence-electron chi connectivity index (χ3n) is 2.03. The Balaban J connectivity index is 3.08. The highest BCUT2D eigenvalue weighted by molar-refractivity contribution is 4.58. The van der Waals surface area contributed by atoms with E-state index in [0.717, 1.165) is 39.0 Å². The van der Waals surface area contributed by atoms with Crippen LogP contribution in [0.1, 0.15) is 26.2 Å². The first-order valence-electron chi connectivity index (χ1n) is 5.76. The number of methoxy groups -OCH3 is 1.